The van der Waals surface area contributed by atoms with Gasteiger partial charge in [0.25, 0.3) is 0 Å². The van der Waals surface area contributed by atoms with E-state index in [2.05, 4.69) is 23.5 Å². The maximum Gasteiger partial charge on any atom is 0.141 e. The van der Waals surface area contributed by atoms with Gasteiger partial charge in [-0.3, -0.25) is 0 Å². The molecule has 0 aliphatic carbocycles. The molecule has 1 aliphatic rings. The fraction of sp³-hybridized carbons (Fsp3) is 0.316. The average molecular weight is 310 g/mol. The number of nitrogens with zero attached hydrogens (tertiary/aromatic N) is 1. The molecule has 0 amide bonds. The van der Waals surface area contributed by atoms with E-state index in [1.54, 1.807) is 6.07 Å². The van der Waals surface area contributed by atoms with Crippen molar-refractivity contribution in [3.05, 3.63) is 58.9 Å². The minimum atomic E-state index is -0.477. The van der Waals surface area contributed by atoms with Crippen LogP contribution in [0.4, 0.5) is 4.39 Å². The smallest absolute Gasteiger partial charge is 0.141 e. The molecular formula is C19H19FN2O. The van der Waals surface area contributed by atoms with E-state index in [9.17, 15) is 4.39 Å². The van der Waals surface area contributed by atoms with Crippen molar-refractivity contribution < 1.29 is 9.13 Å². The quantitative estimate of drug-likeness (QED) is 0.947. The van der Waals surface area contributed by atoms with Gasteiger partial charge in [-0.2, -0.15) is 5.26 Å². The Morgan fingerprint density at radius 1 is 1.30 bits per heavy atom. The van der Waals surface area contributed by atoms with Crippen LogP contribution < -0.4 is 5.32 Å². The van der Waals surface area contributed by atoms with Gasteiger partial charge < -0.3 is 10.1 Å². The molecule has 3 nitrogen and oxygen atoms in total. The zero-order valence-corrected chi connectivity index (χ0v) is 13.1. The van der Waals surface area contributed by atoms with Crippen molar-refractivity contribution in [3.63, 3.8) is 0 Å². The van der Waals surface area contributed by atoms with Gasteiger partial charge in [-0.05, 0) is 47.7 Å². The fourth-order valence-electron chi connectivity index (χ4n) is 2.89. The summed E-state index contributed by atoms with van der Waals surface area (Å²) < 4.78 is 19.6. The molecule has 2 aromatic rings. The van der Waals surface area contributed by atoms with Crippen LogP contribution in [0.25, 0.3) is 11.1 Å². The minimum Gasteiger partial charge on any atom is -0.375 e. The molecule has 0 spiro atoms. The Kier molecular flexibility index (Phi) is 4.71. The normalized spacial score (nSPS) is 17.7. The third kappa shape index (κ3) is 3.58. The highest BCUT2D eigenvalue weighted by molar-refractivity contribution is 5.68. The molecule has 4 heteroatoms. The Bertz CT molecular complexity index is 746. The topological polar surface area (TPSA) is 45.0 Å². The fourth-order valence-corrected chi connectivity index (χ4v) is 2.89. The Hall–Kier alpha value is -2.22. The number of hydrogen-bond donors (Lipinski definition) is 1. The number of aryl methyl sites for hydroxylation is 1. The summed E-state index contributed by atoms with van der Waals surface area (Å²) in [5.74, 6) is -0.477. The lowest BCUT2D eigenvalue weighted by Gasteiger charge is -2.24. The summed E-state index contributed by atoms with van der Waals surface area (Å²) in [6, 6.07) is 12.9. The van der Waals surface area contributed by atoms with Crippen LogP contribution >= 0.6 is 0 Å². The molecule has 1 unspecified atom stereocenters. The molecule has 23 heavy (non-hydrogen) atoms. The Labute approximate surface area is 135 Å². The number of ether oxygens (including phenoxy) is 1. The van der Waals surface area contributed by atoms with Gasteiger partial charge in [0.2, 0.25) is 0 Å². The summed E-state index contributed by atoms with van der Waals surface area (Å²) in [7, 11) is 0. The van der Waals surface area contributed by atoms with E-state index in [0.29, 0.717) is 0 Å². The molecule has 0 radical (unpaired) electrons. The maximum atomic E-state index is 13.9. The zero-order chi connectivity index (χ0) is 16.2. The molecule has 1 heterocycles. The second-order valence-electron chi connectivity index (χ2n) is 5.86. The van der Waals surface area contributed by atoms with Crippen molar-refractivity contribution in [1.29, 1.82) is 5.26 Å². The van der Waals surface area contributed by atoms with Crippen molar-refractivity contribution in [3.8, 4) is 17.2 Å². The second-order valence-corrected chi connectivity index (χ2v) is 5.86. The van der Waals surface area contributed by atoms with Crippen LogP contribution in [0.3, 0.4) is 0 Å². The molecule has 0 bridgehead atoms. The van der Waals surface area contributed by atoms with Crippen LogP contribution in [0.15, 0.2) is 36.4 Å². The Morgan fingerprint density at radius 3 is 2.87 bits per heavy atom. The SMILES string of the molecule is Cc1ccc(CC2CNCCO2)cc1-c1ccc(C#N)c(F)c1. The van der Waals surface area contributed by atoms with Crippen LogP contribution in [0.5, 0.6) is 0 Å². The van der Waals surface area contributed by atoms with Gasteiger partial charge >= 0.3 is 0 Å². The largest absolute Gasteiger partial charge is 0.375 e. The number of hydrogen-bond acceptors (Lipinski definition) is 3. The molecular weight excluding hydrogens is 291 g/mol. The highest BCUT2D eigenvalue weighted by Crippen LogP contribution is 2.27. The Morgan fingerprint density at radius 2 is 2.17 bits per heavy atom. The van der Waals surface area contributed by atoms with Gasteiger partial charge in [-0.15, -0.1) is 0 Å². The number of nitriles is 1. The van der Waals surface area contributed by atoms with E-state index in [-0.39, 0.29) is 11.7 Å². The third-order valence-corrected chi connectivity index (χ3v) is 4.17. The highest BCUT2D eigenvalue weighted by atomic mass is 19.1. The van der Waals surface area contributed by atoms with Gasteiger partial charge in [-0.1, -0.05) is 24.3 Å². The van der Waals surface area contributed by atoms with E-state index < -0.39 is 5.82 Å². The predicted molar refractivity (Wildman–Crippen MR) is 87.6 cm³/mol. The minimum absolute atomic E-state index is 0.0734. The van der Waals surface area contributed by atoms with Crippen LogP contribution in [0.1, 0.15) is 16.7 Å². The summed E-state index contributed by atoms with van der Waals surface area (Å²) in [4.78, 5) is 0. The summed E-state index contributed by atoms with van der Waals surface area (Å²) >= 11 is 0. The van der Waals surface area contributed by atoms with Crippen molar-refractivity contribution in [2.75, 3.05) is 19.7 Å². The molecule has 3 rings (SSSR count). The standard InChI is InChI=1S/C19H19FN2O/c1-13-2-3-14(8-17-12-22-6-7-23-17)9-18(13)15-4-5-16(11-21)19(20)10-15/h2-5,9-10,17,22H,6-8,12H2,1H3. The highest BCUT2D eigenvalue weighted by Gasteiger charge is 2.15. The molecule has 118 valence electrons. The number of morpholine rings is 1. The van der Waals surface area contributed by atoms with Gasteiger partial charge in [-0.25, -0.2) is 4.39 Å². The number of halogens is 1. The van der Waals surface area contributed by atoms with E-state index in [0.717, 1.165) is 42.8 Å². The summed E-state index contributed by atoms with van der Waals surface area (Å²) in [5, 5.41) is 12.2. The second kappa shape index (κ2) is 6.91. The Balaban J connectivity index is 1.88. The van der Waals surface area contributed by atoms with Crippen LogP contribution in [0.2, 0.25) is 0 Å². The van der Waals surface area contributed by atoms with Gasteiger partial charge in [0, 0.05) is 13.1 Å². The first-order chi connectivity index (χ1) is 11.2. The molecule has 1 aliphatic heterocycles. The molecule has 1 saturated heterocycles. The monoisotopic (exact) mass is 310 g/mol. The van der Waals surface area contributed by atoms with Crippen molar-refractivity contribution in [2.24, 2.45) is 0 Å². The zero-order valence-electron chi connectivity index (χ0n) is 13.1. The molecule has 1 N–H and O–H groups in total. The molecule has 0 saturated carbocycles. The summed E-state index contributed by atoms with van der Waals surface area (Å²) in [6.07, 6.45) is 1.01. The first-order valence-electron chi connectivity index (χ1n) is 7.79. The van der Waals surface area contributed by atoms with E-state index in [1.807, 2.05) is 13.0 Å². The summed E-state index contributed by atoms with van der Waals surface area (Å²) in [6.45, 7) is 4.51. The number of benzene rings is 2. The lowest BCUT2D eigenvalue weighted by atomic mass is 9.95. The van der Waals surface area contributed by atoms with Crippen LogP contribution in [0, 0.1) is 24.1 Å². The van der Waals surface area contributed by atoms with E-state index in [4.69, 9.17) is 10.00 Å². The number of nitrogens with one attached hydrogen (secondary N) is 1. The van der Waals surface area contributed by atoms with Crippen LogP contribution in [-0.4, -0.2) is 25.8 Å². The maximum absolute atomic E-state index is 13.9. The van der Waals surface area contributed by atoms with Crippen molar-refractivity contribution in [1.82, 2.24) is 5.32 Å². The first kappa shape index (κ1) is 15.7. The lowest BCUT2D eigenvalue weighted by Crippen LogP contribution is -2.39. The van der Waals surface area contributed by atoms with E-state index in [1.165, 1.54) is 17.7 Å². The van der Waals surface area contributed by atoms with Crippen molar-refractivity contribution >= 4 is 0 Å². The van der Waals surface area contributed by atoms with E-state index >= 15 is 0 Å². The van der Waals surface area contributed by atoms with Gasteiger partial charge in [0.15, 0.2) is 0 Å². The molecule has 1 fully saturated rings. The lowest BCUT2D eigenvalue weighted by molar-refractivity contribution is 0.0292. The summed E-state index contributed by atoms with van der Waals surface area (Å²) in [5.41, 5.74) is 4.12. The first-order valence-corrected chi connectivity index (χ1v) is 7.79. The number of rotatable bonds is 3. The molecule has 1 atom stereocenters. The van der Waals surface area contributed by atoms with Gasteiger partial charge in [0.05, 0.1) is 18.3 Å². The van der Waals surface area contributed by atoms with Gasteiger partial charge in [0.1, 0.15) is 11.9 Å². The van der Waals surface area contributed by atoms with Crippen molar-refractivity contribution in [2.45, 2.75) is 19.4 Å². The predicted octanol–water partition coefficient (Wildman–Crippen LogP) is 3.20. The van der Waals surface area contributed by atoms with Crippen LogP contribution in [-0.2, 0) is 11.2 Å². The third-order valence-electron chi connectivity index (χ3n) is 4.17. The molecule has 0 aromatic heterocycles. The average Bonchev–Trinajstić information content (AvgIpc) is 2.57. The molecule has 2 aromatic carbocycles.